The number of rotatable bonds is 5. The zero-order chi connectivity index (χ0) is 16.3. The average molecular weight is 347 g/mol. The maximum absolute atomic E-state index is 11.5. The van der Waals surface area contributed by atoms with Crippen molar-refractivity contribution in [2.45, 2.75) is 11.3 Å². The van der Waals surface area contributed by atoms with Crippen LogP contribution in [-0.2, 0) is 15.5 Å². The molecule has 0 saturated heterocycles. The first-order valence-electron chi connectivity index (χ1n) is 7.19. The third-order valence-corrected chi connectivity index (χ3v) is 4.98. The van der Waals surface area contributed by atoms with E-state index < -0.39 is 9.05 Å². The Hall–Kier alpha value is -2.04. The van der Waals surface area contributed by atoms with Crippen molar-refractivity contribution in [3.8, 4) is 5.75 Å². The molecular weight excluding hydrogens is 332 g/mol. The lowest BCUT2D eigenvalue weighted by Gasteiger charge is -2.10. The molecule has 3 aromatic carbocycles. The number of para-hydroxylation sites is 1. The van der Waals surface area contributed by atoms with Crippen molar-refractivity contribution in [3.63, 3.8) is 0 Å². The van der Waals surface area contributed by atoms with Gasteiger partial charge in [0.25, 0.3) is 9.05 Å². The first kappa shape index (κ1) is 15.8. The van der Waals surface area contributed by atoms with Crippen LogP contribution in [0.4, 0.5) is 0 Å². The normalized spacial score (nSPS) is 11.5. The van der Waals surface area contributed by atoms with E-state index in [-0.39, 0.29) is 10.6 Å². The van der Waals surface area contributed by atoms with Crippen LogP contribution in [0.1, 0.15) is 5.56 Å². The zero-order valence-corrected chi connectivity index (χ0v) is 13.8. The Kier molecular flexibility index (Phi) is 4.55. The highest BCUT2D eigenvalue weighted by molar-refractivity contribution is 8.13. The van der Waals surface area contributed by atoms with Gasteiger partial charge >= 0.3 is 0 Å². The van der Waals surface area contributed by atoms with E-state index in [4.69, 9.17) is 15.4 Å². The Morgan fingerprint density at radius 1 is 0.870 bits per heavy atom. The van der Waals surface area contributed by atoms with Crippen molar-refractivity contribution in [3.05, 3.63) is 72.3 Å². The predicted molar refractivity (Wildman–Crippen MR) is 92.6 cm³/mol. The maximum atomic E-state index is 11.5. The smallest absolute Gasteiger partial charge is 0.264 e. The van der Waals surface area contributed by atoms with Gasteiger partial charge < -0.3 is 4.74 Å². The Labute approximate surface area is 139 Å². The largest absolute Gasteiger partial charge is 0.492 e. The van der Waals surface area contributed by atoms with Crippen molar-refractivity contribution in [2.75, 3.05) is 6.61 Å². The Bertz CT molecular complexity index is 930. The molecule has 0 saturated carbocycles. The van der Waals surface area contributed by atoms with E-state index in [9.17, 15) is 8.42 Å². The molecule has 0 atom stereocenters. The van der Waals surface area contributed by atoms with Gasteiger partial charge in [0.05, 0.1) is 6.61 Å². The Morgan fingerprint density at radius 2 is 1.57 bits per heavy atom. The van der Waals surface area contributed by atoms with E-state index in [2.05, 4.69) is 24.3 Å². The van der Waals surface area contributed by atoms with E-state index in [1.54, 1.807) is 18.2 Å². The molecule has 0 radical (unpaired) electrons. The second kappa shape index (κ2) is 6.60. The van der Waals surface area contributed by atoms with Crippen LogP contribution in [0.3, 0.4) is 0 Å². The molecule has 0 aliphatic heterocycles. The zero-order valence-electron chi connectivity index (χ0n) is 12.3. The fourth-order valence-electron chi connectivity index (χ4n) is 2.55. The number of halogens is 1. The van der Waals surface area contributed by atoms with E-state index in [0.717, 1.165) is 5.56 Å². The SMILES string of the molecule is O=S(=O)(Cl)c1ccccc1OCCc1cccc2ccccc12. The summed E-state index contributed by atoms with van der Waals surface area (Å²) in [4.78, 5) is -0.000383. The predicted octanol–water partition coefficient (Wildman–Crippen LogP) is 4.39. The molecule has 0 amide bonds. The lowest BCUT2D eigenvalue weighted by molar-refractivity contribution is 0.314. The number of hydrogen-bond acceptors (Lipinski definition) is 3. The van der Waals surface area contributed by atoms with Crippen LogP contribution < -0.4 is 4.74 Å². The molecular formula is C18H15ClO3S. The topological polar surface area (TPSA) is 43.4 Å². The minimum atomic E-state index is -3.82. The highest BCUT2D eigenvalue weighted by Gasteiger charge is 2.16. The van der Waals surface area contributed by atoms with E-state index in [0.29, 0.717) is 13.0 Å². The molecule has 0 aromatic heterocycles. The van der Waals surface area contributed by atoms with Crippen LogP contribution in [0.2, 0.25) is 0 Å². The van der Waals surface area contributed by atoms with Gasteiger partial charge in [-0.25, -0.2) is 8.42 Å². The van der Waals surface area contributed by atoms with Crippen molar-refractivity contribution in [1.82, 2.24) is 0 Å². The number of ether oxygens (including phenoxy) is 1. The van der Waals surface area contributed by atoms with Gasteiger partial charge in [0.2, 0.25) is 0 Å². The third-order valence-electron chi connectivity index (χ3n) is 3.62. The summed E-state index contributed by atoms with van der Waals surface area (Å²) in [5.41, 5.74) is 1.16. The van der Waals surface area contributed by atoms with Crippen molar-refractivity contribution >= 4 is 30.5 Å². The van der Waals surface area contributed by atoms with E-state index >= 15 is 0 Å². The van der Waals surface area contributed by atoms with Crippen molar-refractivity contribution in [1.29, 1.82) is 0 Å². The second-order valence-corrected chi connectivity index (χ2v) is 7.66. The van der Waals surface area contributed by atoms with Gasteiger partial charge in [0.1, 0.15) is 10.6 Å². The summed E-state index contributed by atoms with van der Waals surface area (Å²) in [6, 6.07) is 20.7. The summed E-state index contributed by atoms with van der Waals surface area (Å²) >= 11 is 0. The molecule has 3 aromatic rings. The minimum Gasteiger partial charge on any atom is -0.492 e. The Balaban J connectivity index is 1.78. The monoisotopic (exact) mass is 346 g/mol. The summed E-state index contributed by atoms with van der Waals surface area (Å²) in [7, 11) is 1.61. The van der Waals surface area contributed by atoms with Crippen LogP contribution in [-0.4, -0.2) is 15.0 Å². The molecule has 0 heterocycles. The van der Waals surface area contributed by atoms with Gasteiger partial charge in [-0.15, -0.1) is 0 Å². The second-order valence-electron chi connectivity index (χ2n) is 5.12. The third kappa shape index (κ3) is 3.66. The lowest BCUT2D eigenvalue weighted by Crippen LogP contribution is -2.04. The van der Waals surface area contributed by atoms with Gasteiger partial charge in [0.15, 0.2) is 0 Å². The molecule has 118 valence electrons. The number of fused-ring (bicyclic) bond motifs is 1. The fourth-order valence-corrected chi connectivity index (χ4v) is 3.54. The molecule has 3 rings (SSSR count). The molecule has 0 spiro atoms. The van der Waals surface area contributed by atoms with E-state index in [1.807, 2.05) is 18.2 Å². The molecule has 23 heavy (non-hydrogen) atoms. The van der Waals surface area contributed by atoms with Gasteiger partial charge in [-0.3, -0.25) is 0 Å². The summed E-state index contributed by atoms with van der Waals surface area (Å²) in [5, 5.41) is 2.35. The molecule has 0 aliphatic rings. The van der Waals surface area contributed by atoms with Crippen LogP contribution in [0, 0.1) is 0 Å². The highest BCUT2D eigenvalue weighted by Crippen LogP contribution is 2.27. The summed E-state index contributed by atoms with van der Waals surface area (Å²) < 4.78 is 28.7. The van der Waals surface area contributed by atoms with E-state index in [1.165, 1.54) is 16.8 Å². The van der Waals surface area contributed by atoms with Gasteiger partial charge in [0, 0.05) is 17.1 Å². The summed E-state index contributed by atoms with van der Waals surface area (Å²) in [5.74, 6) is 0.280. The molecule has 0 fully saturated rings. The Morgan fingerprint density at radius 3 is 2.39 bits per heavy atom. The number of hydrogen-bond donors (Lipinski definition) is 0. The molecule has 3 nitrogen and oxygen atoms in total. The van der Waals surface area contributed by atoms with Crippen LogP contribution in [0.25, 0.3) is 10.8 Å². The summed E-state index contributed by atoms with van der Waals surface area (Å²) in [6.07, 6.45) is 0.679. The lowest BCUT2D eigenvalue weighted by atomic mass is 10.0. The van der Waals surface area contributed by atoms with Gasteiger partial charge in [-0.1, -0.05) is 54.6 Å². The van der Waals surface area contributed by atoms with Crippen LogP contribution >= 0.6 is 10.7 Å². The highest BCUT2D eigenvalue weighted by atomic mass is 35.7. The van der Waals surface area contributed by atoms with Crippen molar-refractivity contribution < 1.29 is 13.2 Å². The molecule has 0 N–H and O–H groups in total. The average Bonchev–Trinajstić information content (AvgIpc) is 2.55. The molecule has 0 unspecified atom stereocenters. The standard InChI is InChI=1S/C18H15ClO3S/c19-23(20,21)18-11-4-3-10-17(18)22-13-12-15-8-5-7-14-6-1-2-9-16(14)15/h1-11H,12-13H2. The first-order chi connectivity index (χ1) is 11.1. The summed E-state index contributed by atoms with van der Waals surface area (Å²) in [6.45, 7) is 0.372. The maximum Gasteiger partial charge on any atom is 0.264 e. The first-order valence-corrected chi connectivity index (χ1v) is 9.50. The number of benzene rings is 3. The molecule has 0 bridgehead atoms. The quantitative estimate of drug-likeness (QED) is 0.643. The minimum absolute atomic E-state index is 0.000383. The molecule has 0 aliphatic carbocycles. The van der Waals surface area contributed by atoms with Crippen LogP contribution in [0.15, 0.2) is 71.6 Å². The van der Waals surface area contributed by atoms with Crippen molar-refractivity contribution in [2.24, 2.45) is 0 Å². The van der Waals surface area contributed by atoms with Crippen LogP contribution in [0.5, 0.6) is 5.75 Å². The van der Waals surface area contributed by atoms with Gasteiger partial charge in [-0.05, 0) is 28.5 Å². The molecule has 5 heteroatoms. The fraction of sp³-hybridized carbons (Fsp3) is 0.111. The van der Waals surface area contributed by atoms with Gasteiger partial charge in [-0.2, -0.15) is 0 Å².